The Morgan fingerprint density at radius 3 is 2.53 bits per heavy atom. The van der Waals surface area contributed by atoms with Gasteiger partial charge in [-0.25, -0.2) is 13.4 Å². The van der Waals surface area contributed by atoms with Crippen LogP contribution in [0.4, 0.5) is 5.13 Å². The summed E-state index contributed by atoms with van der Waals surface area (Å²) in [6.45, 7) is 5.69. The molecule has 0 aliphatic carbocycles. The number of anilines is 1. The van der Waals surface area contributed by atoms with Crippen LogP contribution in [0.1, 0.15) is 35.2 Å². The summed E-state index contributed by atoms with van der Waals surface area (Å²) >= 11 is 5.04. The van der Waals surface area contributed by atoms with Gasteiger partial charge in [0, 0.05) is 29.4 Å². The molecule has 30 heavy (non-hydrogen) atoms. The number of piperidine rings is 1. The highest BCUT2D eigenvalue weighted by Crippen LogP contribution is 2.32. The lowest BCUT2D eigenvalue weighted by Gasteiger charge is -2.31. The summed E-state index contributed by atoms with van der Waals surface area (Å²) in [4.78, 5) is 7.45. The van der Waals surface area contributed by atoms with Crippen molar-refractivity contribution in [2.24, 2.45) is 0 Å². The van der Waals surface area contributed by atoms with Crippen molar-refractivity contribution in [3.8, 4) is 0 Å². The first-order chi connectivity index (χ1) is 14.3. The standard InChI is InChI=1S/C23H25BrN2O2S2/c1-16-7-8-18(13-17(16)2)14-19-15-29-23(25-19)26-11-9-20(10-12-26)30(27,28)22-6-4-3-5-21(22)24/h3-8,13,15,20H,9-12,14H2,1-2H3. The maximum absolute atomic E-state index is 13.0. The third-order valence-corrected chi connectivity index (χ3v) is 10.0. The van der Waals surface area contributed by atoms with E-state index >= 15 is 0 Å². The summed E-state index contributed by atoms with van der Waals surface area (Å²) in [6.07, 6.45) is 2.07. The van der Waals surface area contributed by atoms with Crippen LogP contribution in [0.3, 0.4) is 0 Å². The van der Waals surface area contributed by atoms with E-state index in [1.54, 1.807) is 29.5 Å². The number of nitrogens with zero attached hydrogens (tertiary/aromatic N) is 2. The summed E-state index contributed by atoms with van der Waals surface area (Å²) in [5.41, 5.74) is 4.95. The van der Waals surface area contributed by atoms with E-state index in [0.717, 1.165) is 17.2 Å². The Morgan fingerprint density at radius 2 is 1.83 bits per heavy atom. The molecular formula is C23H25BrN2O2S2. The van der Waals surface area contributed by atoms with Crippen LogP contribution in [0.2, 0.25) is 0 Å². The van der Waals surface area contributed by atoms with E-state index in [4.69, 9.17) is 4.98 Å². The summed E-state index contributed by atoms with van der Waals surface area (Å²) < 4.78 is 26.7. The van der Waals surface area contributed by atoms with Crippen molar-refractivity contribution in [2.45, 2.75) is 43.3 Å². The van der Waals surface area contributed by atoms with Gasteiger partial charge < -0.3 is 4.90 Å². The highest BCUT2D eigenvalue weighted by Gasteiger charge is 2.33. The number of aromatic nitrogens is 1. The van der Waals surface area contributed by atoms with Gasteiger partial charge in [-0.15, -0.1) is 11.3 Å². The molecule has 0 atom stereocenters. The van der Waals surface area contributed by atoms with Gasteiger partial charge in [0.05, 0.1) is 15.8 Å². The van der Waals surface area contributed by atoms with E-state index in [1.807, 2.05) is 6.07 Å². The molecule has 4 rings (SSSR count). The number of benzene rings is 2. The topological polar surface area (TPSA) is 50.3 Å². The lowest BCUT2D eigenvalue weighted by molar-refractivity contribution is 0.529. The smallest absolute Gasteiger partial charge is 0.185 e. The molecule has 7 heteroatoms. The number of hydrogen-bond acceptors (Lipinski definition) is 5. The molecule has 0 amide bonds. The first-order valence-electron chi connectivity index (χ1n) is 10.1. The Kier molecular flexibility index (Phi) is 6.32. The molecule has 0 bridgehead atoms. The third-order valence-electron chi connectivity index (χ3n) is 5.79. The summed E-state index contributed by atoms with van der Waals surface area (Å²) in [7, 11) is -3.33. The van der Waals surface area contributed by atoms with Gasteiger partial charge in [-0.1, -0.05) is 30.3 Å². The van der Waals surface area contributed by atoms with Crippen LogP contribution < -0.4 is 4.90 Å². The number of rotatable bonds is 5. The first-order valence-corrected chi connectivity index (χ1v) is 13.3. The van der Waals surface area contributed by atoms with Crippen LogP contribution in [0, 0.1) is 13.8 Å². The number of sulfone groups is 1. The second-order valence-corrected chi connectivity index (χ2v) is 11.8. The van der Waals surface area contributed by atoms with Crippen molar-refractivity contribution >= 4 is 42.2 Å². The van der Waals surface area contributed by atoms with E-state index in [2.05, 4.69) is 58.3 Å². The fourth-order valence-corrected chi connectivity index (χ4v) is 7.50. The van der Waals surface area contributed by atoms with Crippen LogP contribution >= 0.6 is 27.3 Å². The van der Waals surface area contributed by atoms with Crippen molar-refractivity contribution in [2.75, 3.05) is 18.0 Å². The minimum absolute atomic E-state index is 0.345. The molecule has 0 unspecified atom stereocenters. The fourth-order valence-electron chi connectivity index (χ4n) is 3.86. The number of aryl methyl sites for hydroxylation is 2. The molecule has 1 saturated heterocycles. The van der Waals surface area contributed by atoms with Gasteiger partial charge in [-0.05, 0) is 71.4 Å². The fraction of sp³-hybridized carbons (Fsp3) is 0.348. The van der Waals surface area contributed by atoms with Crippen LogP contribution in [-0.2, 0) is 16.3 Å². The summed E-state index contributed by atoms with van der Waals surface area (Å²) in [5, 5.41) is 2.77. The lowest BCUT2D eigenvalue weighted by Crippen LogP contribution is -2.39. The molecule has 0 saturated carbocycles. The predicted octanol–water partition coefficient (Wildman–Crippen LogP) is 5.56. The molecule has 0 N–H and O–H groups in total. The van der Waals surface area contributed by atoms with E-state index < -0.39 is 9.84 Å². The van der Waals surface area contributed by atoms with Gasteiger partial charge in [0.25, 0.3) is 0 Å². The van der Waals surface area contributed by atoms with Crippen molar-refractivity contribution in [1.29, 1.82) is 0 Å². The molecule has 1 aliphatic heterocycles. The second-order valence-electron chi connectivity index (χ2n) is 7.88. The summed E-state index contributed by atoms with van der Waals surface area (Å²) in [5.74, 6) is 0. The minimum atomic E-state index is -3.33. The van der Waals surface area contributed by atoms with E-state index in [9.17, 15) is 8.42 Å². The number of halogens is 1. The van der Waals surface area contributed by atoms with Gasteiger partial charge in [-0.3, -0.25) is 0 Å². The first kappa shape index (κ1) is 21.5. The van der Waals surface area contributed by atoms with Crippen LogP contribution in [0.15, 0.2) is 57.2 Å². The van der Waals surface area contributed by atoms with Gasteiger partial charge in [0.2, 0.25) is 0 Å². The average molecular weight is 506 g/mol. The zero-order valence-corrected chi connectivity index (χ0v) is 20.4. The Bertz CT molecular complexity index is 1150. The number of thiazole rings is 1. The zero-order chi connectivity index (χ0) is 21.3. The molecular weight excluding hydrogens is 480 g/mol. The van der Waals surface area contributed by atoms with Crippen LogP contribution in [0.5, 0.6) is 0 Å². The molecule has 0 spiro atoms. The Morgan fingerprint density at radius 1 is 1.10 bits per heavy atom. The molecule has 1 aromatic heterocycles. The molecule has 2 heterocycles. The number of hydrogen-bond donors (Lipinski definition) is 0. The molecule has 1 aliphatic rings. The minimum Gasteiger partial charge on any atom is -0.348 e. The Balaban J connectivity index is 1.41. The summed E-state index contributed by atoms with van der Waals surface area (Å²) in [6, 6.07) is 13.6. The van der Waals surface area contributed by atoms with Gasteiger partial charge in [0.15, 0.2) is 15.0 Å². The van der Waals surface area contributed by atoms with E-state index in [-0.39, 0.29) is 5.25 Å². The molecule has 1 fully saturated rings. The van der Waals surface area contributed by atoms with Crippen molar-refractivity contribution in [3.63, 3.8) is 0 Å². The Labute approximate surface area is 191 Å². The van der Waals surface area contributed by atoms with Crippen molar-refractivity contribution in [1.82, 2.24) is 4.98 Å². The zero-order valence-electron chi connectivity index (χ0n) is 17.1. The maximum atomic E-state index is 13.0. The largest absolute Gasteiger partial charge is 0.348 e. The maximum Gasteiger partial charge on any atom is 0.185 e. The lowest BCUT2D eigenvalue weighted by atomic mass is 10.0. The molecule has 0 radical (unpaired) electrons. The van der Waals surface area contributed by atoms with Crippen molar-refractivity contribution < 1.29 is 8.42 Å². The van der Waals surface area contributed by atoms with Gasteiger partial charge >= 0.3 is 0 Å². The SMILES string of the molecule is Cc1ccc(Cc2csc(N3CCC(S(=O)(=O)c4ccccc4Br)CC3)n2)cc1C. The van der Waals surface area contributed by atoms with Crippen molar-refractivity contribution in [3.05, 3.63) is 74.7 Å². The molecule has 3 aromatic rings. The van der Waals surface area contributed by atoms with Gasteiger partial charge in [-0.2, -0.15) is 0 Å². The van der Waals surface area contributed by atoms with Crippen LogP contribution in [-0.4, -0.2) is 31.7 Å². The average Bonchev–Trinajstić information content (AvgIpc) is 3.19. The Hall–Kier alpha value is -1.70. The monoisotopic (exact) mass is 504 g/mol. The van der Waals surface area contributed by atoms with E-state index in [0.29, 0.717) is 35.3 Å². The highest BCUT2D eigenvalue weighted by molar-refractivity contribution is 9.10. The molecule has 4 nitrogen and oxygen atoms in total. The third kappa shape index (κ3) is 4.48. The highest BCUT2D eigenvalue weighted by atomic mass is 79.9. The van der Waals surface area contributed by atoms with E-state index in [1.165, 1.54) is 16.7 Å². The van der Waals surface area contributed by atoms with Gasteiger partial charge in [0.1, 0.15) is 0 Å². The molecule has 158 valence electrons. The van der Waals surface area contributed by atoms with Crippen LogP contribution in [0.25, 0.3) is 0 Å². The quantitative estimate of drug-likeness (QED) is 0.456. The second kappa shape index (κ2) is 8.81. The normalized spacial score (nSPS) is 15.5. The predicted molar refractivity (Wildman–Crippen MR) is 127 cm³/mol. The molecule has 2 aromatic carbocycles.